The van der Waals surface area contributed by atoms with Gasteiger partial charge in [-0.3, -0.25) is 4.98 Å². The molecule has 2 N–H and O–H groups in total. The largest absolute Gasteiger partial charge is 0.457 e. The van der Waals surface area contributed by atoms with Gasteiger partial charge in [-0.2, -0.15) is 0 Å². The van der Waals surface area contributed by atoms with Crippen LogP contribution in [-0.2, 0) is 0 Å². The van der Waals surface area contributed by atoms with Crippen LogP contribution in [0.4, 0.5) is 20.6 Å². The number of ether oxygens (including phenoxy) is 1. The molecule has 2 amide bonds. The van der Waals surface area contributed by atoms with E-state index in [1.807, 2.05) is 25.1 Å². The van der Waals surface area contributed by atoms with Crippen molar-refractivity contribution in [3.05, 3.63) is 83.4 Å². The zero-order chi connectivity index (χ0) is 21.1. The number of halogens is 2. The maximum atomic E-state index is 13.5. The number of carbonyl (C=O) groups is 1. The van der Waals surface area contributed by atoms with Gasteiger partial charge in [0.2, 0.25) is 0 Å². The van der Waals surface area contributed by atoms with Crippen LogP contribution in [-0.4, -0.2) is 16.0 Å². The summed E-state index contributed by atoms with van der Waals surface area (Å²) in [5.41, 5.74) is 3.22. The van der Waals surface area contributed by atoms with Crippen LogP contribution in [0.2, 0.25) is 5.02 Å². The lowest BCUT2D eigenvalue weighted by molar-refractivity contribution is 0.262. The molecule has 0 aliphatic carbocycles. The van der Waals surface area contributed by atoms with Crippen molar-refractivity contribution in [3.63, 3.8) is 0 Å². The molecule has 4 aromatic rings. The van der Waals surface area contributed by atoms with E-state index in [9.17, 15) is 9.18 Å². The third kappa shape index (κ3) is 4.64. The van der Waals surface area contributed by atoms with Gasteiger partial charge in [0.05, 0.1) is 21.7 Å². The molecule has 4 rings (SSSR count). The van der Waals surface area contributed by atoms with Gasteiger partial charge in [0.1, 0.15) is 17.3 Å². The summed E-state index contributed by atoms with van der Waals surface area (Å²) >= 11 is 5.63. The molecule has 3 aromatic carbocycles. The van der Waals surface area contributed by atoms with Crippen LogP contribution in [0.15, 0.2) is 66.9 Å². The Bertz CT molecular complexity index is 1230. The van der Waals surface area contributed by atoms with E-state index in [2.05, 4.69) is 20.6 Å². The Kier molecular flexibility index (Phi) is 5.45. The summed E-state index contributed by atoms with van der Waals surface area (Å²) in [5, 5.41) is 5.20. The lowest BCUT2D eigenvalue weighted by Crippen LogP contribution is -2.19. The second-order valence-corrected chi connectivity index (χ2v) is 6.90. The number of rotatable bonds is 4. The van der Waals surface area contributed by atoms with E-state index in [-0.39, 0.29) is 5.02 Å². The maximum absolute atomic E-state index is 13.5. The van der Waals surface area contributed by atoms with Crippen molar-refractivity contribution in [2.24, 2.45) is 0 Å². The fourth-order valence-electron chi connectivity index (χ4n) is 2.76. The molecule has 6 nitrogen and oxygen atoms in total. The van der Waals surface area contributed by atoms with Crippen LogP contribution in [0.3, 0.4) is 0 Å². The SMILES string of the molecule is Cc1cnc2ccc(Oc3ccc(NC(=O)Nc4ccc(Cl)c(F)c4)cc3)cc2n1. The van der Waals surface area contributed by atoms with Gasteiger partial charge in [-0.15, -0.1) is 0 Å². The molecular weight excluding hydrogens is 407 g/mol. The van der Waals surface area contributed by atoms with Crippen molar-refractivity contribution in [3.8, 4) is 11.5 Å². The molecule has 1 heterocycles. The lowest BCUT2D eigenvalue weighted by Gasteiger charge is -2.10. The number of hydrogen-bond donors (Lipinski definition) is 2. The van der Waals surface area contributed by atoms with Crippen molar-refractivity contribution < 1.29 is 13.9 Å². The lowest BCUT2D eigenvalue weighted by atomic mass is 10.2. The summed E-state index contributed by atoms with van der Waals surface area (Å²) in [7, 11) is 0. The van der Waals surface area contributed by atoms with Gasteiger partial charge in [0.25, 0.3) is 0 Å². The Morgan fingerprint density at radius 3 is 2.40 bits per heavy atom. The number of carbonyl (C=O) groups excluding carboxylic acids is 1. The molecule has 0 atom stereocenters. The highest BCUT2D eigenvalue weighted by molar-refractivity contribution is 6.30. The van der Waals surface area contributed by atoms with E-state index in [1.165, 1.54) is 12.1 Å². The monoisotopic (exact) mass is 422 g/mol. The van der Waals surface area contributed by atoms with Crippen LogP contribution >= 0.6 is 11.6 Å². The molecular formula is C22H16ClFN4O2. The van der Waals surface area contributed by atoms with Crippen molar-refractivity contribution in [2.75, 3.05) is 10.6 Å². The van der Waals surface area contributed by atoms with Crippen LogP contribution in [0, 0.1) is 12.7 Å². The minimum Gasteiger partial charge on any atom is -0.457 e. The van der Waals surface area contributed by atoms with Gasteiger partial charge in [0.15, 0.2) is 0 Å². The Morgan fingerprint density at radius 2 is 1.63 bits per heavy atom. The summed E-state index contributed by atoms with van der Waals surface area (Å²) in [5.74, 6) is 0.622. The average molecular weight is 423 g/mol. The number of benzene rings is 3. The van der Waals surface area contributed by atoms with E-state index in [0.717, 1.165) is 22.8 Å². The minimum atomic E-state index is -0.606. The Morgan fingerprint density at radius 1 is 0.933 bits per heavy atom. The van der Waals surface area contributed by atoms with Crippen molar-refractivity contribution in [2.45, 2.75) is 6.92 Å². The van der Waals surface area contributed by atoms with E-state index in [4.69, 9.17) is 16.3 Å². The molecule has 0 fully saturated rings. The molecule has 30 heavy (non-hydrogen) atoms. The fourth-order valence-corrected chi connectivity index (χ4v) is 2.87. The average Bonchev–Trinajstić information content (AvgIpc) is 2.72. The van der Waals surface area contributed by atoms with E-state index in [0.29, 0.717) is 22.9 Å². The molecule has 150 valence electrons. The Balaban J connectivity index is 1.40. The van der Waals surface area contributed by atoms with Crippen LogP contribution in [0.5, 0.6) is 11.5 Å². The highest BCUT2D eigenvalue weighted by Gasteiger charge is 2.07. The Hall–Kier alpha value is -3.71. The van der Waals surface area contributed by atoms with Crippen LogP contribution < -0.4 is 15.4 Å². The number of fused-ring (bicyclic) bond motifs is 1. The quantitative estimate of drug-likeness (QED) is 0.412. The summed E-state index contributed by atoms with van der Waals surface area (Å²) < 4.78 is 19.3. The number of anilines is 2. The molecule has 0 saturated heterocycles. The van der Waals surface area contributed by atoms with E-state index < -0.39 is 11.8 Å². The summed E-state index contributed by atoms with van der Waals surface area (Å²) in [4.78, 5) is 20.8. The highest BCUT2D eigenvalue weighted by Crippen LogP contribution is 2.25. The third-order valence-corrected chi connectivity index (χ3v) is 4.47. The third-order valence-electron chi connectivity index (χ3n) is 4.16. The molecule has 0 aliphatic rings. The number of nitrogens with zero attached hydrogens (tertiary/aromatic N) is 2. The first-order chi connectivity index (χ1) is 14.5. The van der Waals surface area contributed by atoms with E-state index in [1.54, 1.807) is 30.5 Å². The normalized spacial score (nSPS) is 10.6. The highest BCUT2D eigenvalue weighted by atomic mass is 35.5. The molecule has 8 heteroatoms. The molecule has 0 bridgehead atoms. The van der Waals surface area contributed by atoms with Gasteiger partial charge < -0.3 is 15.4 Å². The predicted molar refractivity (Wildman–Crippen MR) is 115 cm³/mol. The molecule has 1 aromatic heterocycles. The first-order valence-electron chi connectivity index (χ1n) is 9.01. The number of aryl methyl sites for hydroxylation is 1. The number of amides is 2. The minimum absolute atomic E-state index is 0.00913. The first-order valence-corrected chi connectivity index (χ1v) is 9.38. The van der Waals surface area contributed by atoms with Crippen molar-refractivity contribution in [1.82, 2.24) is 9.97 Å². The van der Waals surface area contributed by atoms with Crippen molar-refractivity contribution >= 4 is 40.0 Å². The number of aromatic nitrogens is 2. The predicted octanol–water partition coefficient (Wildman–Crippen LogP) is 6.17. The van der Waals surface area contributed by atoms with Gasteiger partial charge in [-0.1, -0.05) is 11.6 Å². The molecule has 0 radical (unpaired) electrons. The smallest absolute Gasteiger partial charge is 0.323 e. The van der Waals surface area contributed by atoms with Crippen LogP contribution in [0.1, 0.15) is 5.69 Å². The fraction of sp³-hybridized carbons (Fsp3) is 0.0455. The molecule has 0 aliphatic heterocycles. The van der Waals surface area contributed by atoms with Gasteiger partial charge in [-0.05, 0) is 61.5 Å². The second-order valence-electron chi connectivity index (χ2n) is 6.50. The molecule has 0 unspecified atom stereocenters. The number of hydrogen-bond acceptors (Lipinski definition) is 4. The summed E-state index contributed by atoms with van der Waals surface area (Å²) in [6, 6.07) is 15.9. The molecule has 0 spiro atoms. The Labute approximate surface area is 176 Å². The van der Waals surface area contributed by atoms with Crippen molar-refractivity contribution in [1.29, 1.82) is 0 Å². The number of nitrogens with one attached hydrogen (secondary N) is 2. The first kappa shape index (κ1) is 19.6. The van der Waals surface area contributed by atoms with Gasteiger partial charge in [0, 0.05) is 23.6 Å². The maximum Gasteiger partial charge on any atom is 0.323 e. The van der Waals surface area contributed by atoms with Gasteiger partial charge >= 0.3 is 6.03 Å². The van der Waals surface area contributed by atoms with Crippen LogP contribution in [0.25, 0.3) is 11.0 Å². The van der Waals surface area contributed by atoms with E-state index >= 15 is 0 Å². The standard InChI is InChI=1S/C22H16ClFN4O2/c1-13-12-25-20-9-7-17(11-21(20)26-13)30-16-5-2-14(3-6-16)27-22(29)28-15-4-8-18(23)19(24)10-15/h2-12H,1H3,(H2,27,28,29). The second kappa shape index (κ2) is 8.34. The molecule has 0 saturated carbocycles. The number of urea groups is 1. The summed E-state index contributed by atoms with van der Waals surface area (Å²) in [6.45, 7) is 1.88. The zero-order valence-corrected chi connectivity index (χ0v) is 16.6. The topological polar surface area (TPSA) is 76.1 Å². The zero-order valence-electron chi connectivity index (χ0n) is 15.8. The van der Waals surface area contributed by atoms with Gasteiger partial charge in [-0.25, -0.2) is 14.2 Å². The summed E-state index contributed by atoms with van der Waals surface area (Å²) in [6.07, 6.45) is 1.72.